The van der Waals surface area contributed by atoms with Gasteiger partial charge in [-0.1, -0.05) is 0 Å². The van der Waals surface area contributed by atoms with Crippen LogP contribution in [0, 0.1) is 17.2 Å². The summed E-state index contributed by atoms with van der Waals surface area (Å²) in [4.78, 5) is 4.04. The van der Waals surface area contributed by atoms with E-state index in [0.29, 0.717) is 11.7 Å². The van der Waals surface area contributed by atoms with Gasteiger partial charge in [0.15, 0.2) is 0 Å². The summed E-state index contributed by atoms with van der Waals surface area (Å²) < 4.78 is 0.763. The van der Waals surface area contributed by atoms with Crippen molar-refractivity contribution in [1.82, 2.24) is 4.98 Å². The molecule has 0 aliphatic heterocycles. The molecule has 0 amide bonds. The van der Waals surface area contributed by atoms with Crippen LogP contribution < -0.4 is 11.1 Å². The standard InChI is InChI=1S/C11H13BrN4/c12-11-4-10(9(14)6-15-11)16-8-2-1-7(3-8)5-13/h4,6-8H,1-3,14H2,(H,15,16). The first kappa shape index (κ1) is 11.2. The van der Waals surface area contributed by atoms with Crippen molar-refractivity contribution in [3.05, 3.63) is 16.9 Å². The van der Waals surface area contributed by atoms with E-state index in [1.807, 2.05) is 6.07 Å². The minimum absolute atomic E-state index is 0.184. The van der Waals surface area contributed by atoms with Crippen LogP contribution in [0.25, 0.3) is 0 Å². The molecule has 0 spiro atoms. The largest absolute Gasteiger partial charge is 0.396 e. The molecule has 1 aromatic heterocycles. The van der Waals surface area contributed by atoms with E-state index >= 15 is 0 Å². The van der Waals surface area contributed by atoms with Gasteiger partial charge in [0.2, 0.25) is 0 Å². The maximum Gasteiger partial charge on any atom is 0.108 e. The van der Waals surface area contributed by atoms with Crippen molar-refractivity contribution in [2.45, 2.75) is 25.3 Å². The van der Waals surface area contributed by atoms with Crippen molar-refractivity contribution in [2.75, 3.05) is 11.1 Å². The van der Waals surface area contributed by atoms with E-state index in [4.69, 9.17) is 11.0 Å². The maximum atomic E-state index is 8.83. The number of nitrogen functional groups attached to an aromatic ring is 1. The van der Waals surface area contributed by atoms with Crippen molar-refractivity contribution < 1.29 is 0 Å². The van der Waals surface area contributed by atoms with E-state index in [9.17, 15) is 0 Å². The summed E-state index contributed by atoms with van der Waals surface area (Å²) in [5.41, 5.74) is 7.36. The van der Waals surface area contributed by atoms with Gasteiger partial charge in [0.1, 0.15) is 4.60 Å². The zero-order valence-corrected chi connectivity index (χ0v) is 10.4. The molecular weight excluding hydrogens is 268 g/mol. The zero-order valence-electron chi connectivity index (χ0n) is 8.78. The lowest BCUT2D eigenvalue weighted by Crippen LogP contribution is -2.16. The lowest BCUT2D eigenvalue weighted by molar-refractivity contribution is 0.684. The van der Waals surface area contributed by atoms with E-state index < -0.39 is 0 Å². The molecule has 2 atom stereocenters. The van der Waals surface area contributed by atoms with Crippen LogP contribution in [0.2, 0.25) is 0 Å². The molecule has 0 radical (unpaired) electrons. The molecule has 1 heterocycles. The highest BCUT2D eigenvalue weighted by molar-refractivity contribution is 9.10. The summed E-state index contributed by atoms with van der Waals surface area (Å²) in [6.45, 7) is 0. The number of hydrogen-bond acceptors (Lipinski definition) is 4. The van der Waals surface area contributed by atoms with Crippen molar-refractivity contribution in [3.63, 3.8) is 0 Å². The average Bonchev–Trinajstić information content (AvgIpc) is 2.71. The quantitative estimate of drug-likeness (QED) is 0.817. The van der Waals surface area contributed by atoms with E-state index in [1.54, 1.807) is 6.20 Å². The van der Waals surface area contributed by atoms with E-state index in [-0.39, 0.29) is 5.92 Å². The van der Waals surface area contributed by atoms with Gasteiger partial charge in [0.25, 0.3) is 0 Å². The fourth-order valence-electron chi connectivity index (χ4n) is 2.02. The maximum absolute atomic E-state index is 8.83. The van der Waals surface area contributed by atoms with Gasteiger partial charge in [0.05, 0.1) is 23.6 Å². The Morgan fingerprint density at radius 3 is 3.06 bits per heavy atom. The van der Waals surface area contributed by atoms with Crippen molar-refractivity contribution >= 4 is 27.3 Å². The molecule has 0 bridgehead atoms. The Labute approximate surface area is 103 Å². The molecule has 1 aromatic rings. The van der Waals surface area contributed by atoms with Gasteiger partial charge in [-0.05, 0) is 41.3 Å². The minimum Gasteiger partial charge on any atom is -0.396 e. The fraction of sp³-hybridized carbons (Fsp3) is 0.455. The third-order valence-corrected chi connectivity index (χ3v) is 3.31. The Morgan fingerprint density at radius 2 is 2.38 bits per heavy atom. The molecular formula is C11H13BrN4. The lowest BCUT2D eigenvalue weighted by Gasteiger charge is -2.15. The second-order valence-corrected chi connectivity index (χ2v) is 4.89. The Bertz CT molecular complexity index is 426. The molecule has 16 heavy (non-hydrogen) atoms. The van der Waals surface area contributed by atoms with E-state index in [1.165, 1.54) is 0 Å². The SMILES string of the molecule is N#CC1CCC(Nc2cc(Br)ncc2N)C1. The first-order valence-electron chi connectivity index (χ1n) is 5.26. The topological polar surface area (TPSA) is 74.7 Å². The Hall–Kier alpha value is -1.28. The normalized spacial score (nSPS) is 24.0. The number of nitrogens with zero attached hydrogens (tertiary/aromatic N) is 2. The van der Waals surface area contributed by atoms with Crippen molar-refractivity contribution in [1.29, 1.82) is 5.26 Å². The van der Waals surface area contributed by atoms with Crippen LogP contribution in [0.3, 0.4) is 0 Å². The predicted molar refractivity (Wildman–Crippen MR) is 66.7 cm³/mol. The number of rotatable bonds is 2. The van der Waals surface area contributed by atoms with Crippen LogP contribution in [0.4, 0.5) is 11.4 Å². The van der Waals surface area contributed by atoms with Crippen LogP contribution in [-0.2, 0) is 0 Å². The highest BCUT2D eigenvalue weighted by Gasteiger charge is 2.24. The molecule has 2 unspecified atom stereocenters. The number of nitrogens with two attached hydrogens (primary N) is 1. The van der Waals surface area contributed by atoms with Gasteiger partial charge in [-0.3, -0.25) is 0 Å². The monoisotopic (exact) mass is 280 g/mol. The second kappa shape index (κ2) is 4.71. The van der Waals surface area contributed by atoms with Gasteiger partial charge in [-0.15, -0.1) is 0 Å². The van der Waals surface area contributed by atoms with Gasteiger partial charge in [-0.2, -0.15) is 5.26 Å². The molecule has 1 aliphatic rings. The van der Waals surface area contributed by atoms with Crippen LogP contribution >= 0.6 is 15.9 Å². The number of nitriles is 1. The van der Waals surface area contributed by atoms with Gasteiger partial charge >= 0.3 is 0 Å². The van der Waals surface area contributed by atoms with Crippen LogP contribution in [-0.4, -0.2) is 11.0 Å². The van der Waals surface area contributed by atoms with E-state index in [2.05, 4.69) is 32.3 Å². The summed E-state index contributed by atoms with van der Waals surface area (Å²) in [5, 5.41) is 12.2. The molecule has 1 fully saturated rings. The highest BCUT2D eigenvalue weighted by Crippen LogP contribution is 2.30. The van der Waals surface area contributed by atoms with E-state index in [0.717, 1.165) is 29.6 Å². The Kier molecular flexibility index (Phi) is 3.30. The fourth-order valence-corrected chi connectivity index (χ4v) is 2.35. The second-order valence-electron chi connectivity index (χ2n) is 4.07. The number of nitrogens with one attached hydrogen (secondary N) is 1. The molecule has 2 rings (SSSR count). The molecule has 0 aromatic carbocycles. The Balaban J connectivity index is 2.05. The molecule has 1 saturated carbocycles. The number of anilines is 2. The summed E-state index contributed by atoms with van der Waals surface area (Å²) in [7, 11) is 0. The number of hydrogen-bond donors (Lipinski definition) is 2. The lowest BCUT2D eigenvalue weighted by atomic mass is 10.1. The minimum atomic E-state index is 0.184. The molecule has 0 saturated heterocycles. The molecule has 4 nitrogen and oxygen atoms in total. The van der Waals surface area contributed by atoms with Gasteiger partial charge in [0, 0.05) is 12.0 Å². The third kappa shape index (κ3) is 2.45. The summed E-state index contributed by atoms with van der Waals surface area (Å²) in [6.07, 6.45) is 4.52. The zero-order chi connectivity index (χ0) is 11.5. The Morgan fingerprint density at radius 1 is 1.56 bits per heavy atom. The summed E-state index contributed by atoms with van der Waals surface area (Å²) in [5.74, 6) is 0.184. The summed E-state index contributed by atoms with van der Waals surface area (Å²) >= 11 is 3.31. The van der Waals surface area contributed by atoms with Crippen LogP contribution in [0.1, 0.15) is 19.3 Å². The first-order chi connectivity index (χ1) is 7.69. The average molecular weight is 281 g/mol. The molecule has 1 aliphatic carbocycles. The van der Waals surface area contributed by atoms with Crippen molar-refractivity contribution in [3.8, 4) is 6.07 Å². The number of aromatic nitrogens is 1. The van der Waals surface area contributed by atoms with Gasteiger partial charge < -0.3 is 11.1 Å². The van der Waals surface area contributed by atoms with Crippen LogP contribution in [0.5, 0.6) is 0 Å². The smallest absolute Gasteiger partial charge is 0.108 e. The number of pyridine rings is 1. The molecule has 5 heteroatoms. The predicted octanol–water partition coefficient (Wildman–Crippen LogP) is 2.53. The highest BCUT2D eigenvalue weighted by atomic mass is 79.9. The third-order valence-electron chi connectivity index (χ3n) is 2.88. The summed E-state index contributed by atoms with van der Waals surface area (Å²) in [6, 6.07) is 4.53. The van der Waals surface area contributed by atoms with Gasteiger partial charge in [-0.25, -0.2) is 4.98 Å². The molecule has 3 N–H and O–H groups in total. The van der Waals surface area contributed by atoms with Crippen LogP contribution in [0.15, 0.2) is 16.9 Å². The number of halogens is 1. The first-order valence-corrected chi connectivity index (χ1v) is 6.05. The molecule has 84 valence electrons. The van der Waals surface area contributed by atoms with Crippen molar-refractivity contribution in [2.24, 2.45) is 5.92 Å².